The van der Waals surface area contributed by atoms with Crippen LogP contribution in [0.1, 0.15) is 30.0 Å². The number of esters is 1. The largest absolute Gasteiger partial charge is 0.469 e. The first kappa shape index (κ1) is 16.0. The fourth-order valence-corrected chi connectivity index (χ4v) is 2.06. The van der Waals surface area contributed by atoms with Crippen molar-refractivity contribution in [2.75, 3.05) is 26.4 Å². The Kier molecular flexibility index (Phi) is 5.12. The van der Waals surface area contributed by atoms with Gasteiger partial charge in [-0.3, -0.25) is 14.3 Å². The van der Waals surface area contributed by atoms with Gasteiger partial charge in [-0.1, -0.05) is 13.8 Å². The van der Waals surface area contributed by atoms with Gasteiger partial charge in [-0.15, -0.1) is 0 Å². The minimum Gasteiger partial charge on any atom is -0.469 e. The molecule has 0 fully saturated rings. The third kappa shape index (κ3) is 3.09. The van der Waals surface area contributed by atoms with Crippen molar-refractivity contribution in [1.29, 1.82) is 0 Å². The highest BCUT2D eigenvalue weighted by Gasteiger charge is 2.25. The van der Waals surface area contributed by atoms with E-state index in [2.05, 4.69) is 9.84 Å². The Bertz CT molecular complexity index is 510. The number of hydrogen-bond acceptors (Lipinski definition) is 5. The maximum atomic E-state index is 12.4. The maximum absolute atomic E-state index is 12.4. The molecule has 1 aromatic rings. The Hall–Kier alpha value is -2.05. The van der Waals surface area contributed by atoms with E-state index in [1.807, 2.05) is 6.92 Å². The topological polar surface area (TPSA) is 90.5 Å². The summed E-state index contributed by atoms with van der Waals surface area (Å²) in [6.07, 6.45) is 0.662. The van der Waals surface area contributed by atoms with Crippen molar-refractivity contribution < 1.29 is 14.3 Å². The highest BCUT2D eigenvalue weighted by molar-refractivity contribution is 5.98. The van der Waals surface area contributed by atoms with Crippen LogP contribution < -0.4 is 5.73 Å². The van der Waals surface area contributed by atoms with Crippen molar-refractivity contribution in [3.05, 3.63) is 11.4 Å². The molecule has 2 N–H and O–H groups in total. The first-order valence-corrected chi connectivity index (χ1v) is 6.48. The number of nitrogen functional groups attached to an aromatic ring is 1. The lowest BCUT2D eigenvalue weighted by molar-refractivity contribution is -0.145. The van der Waals surface area contributed by atoms with Gasteiger partial charge in [-0.05, 0) is 6.42 Å². The summed E-state index contributed by atoms with van der Waals surface area (Å²) < 4.78 is 6.13. The molecule has 112 valence electrons. The second kappa shape index (κ2) is 6.40. The average Bonchev–Trinajstić information content (AvgIpc) is 2.71. The van der Waals surface area contributed by atoms with Crippen LogP contribution in [0.5, 0.6) is 0 Å². The number of nitrogens with two attached hydrogens (primary N) is 1. The standard InChI is InChI=1S/C13H22N4O3/c1-6-9-10(14)11(17(4)15-9)12(18)16(3)7-8(2)13(19)20-5/h8H,6-7,14H2,1-5H3. The molecule has 1 rings (SSSR count). The molecular weight excluding hydrogens is 260 g/mol. The molecule has 0 radical (unpaired) electrons. The van der Waals surface area contributed by atoms with Crippen molar-refractivity contribution in [2.24, 2.45) is 13.0 Å². The Balaban J connectivity index is 2.90. The minimum atomic E-state index is -0.394. The third-order valence-electron chi connectivity index (χ3n) is 3.20. The van der Waals surface area contributed by atoms with Crippen LogP contribution >= 0.6 is 0 Å². The molecule has 0 aliphatic carbocycles. The van der Waals surface area contributed by atoms with Gasteiger partial charge in [-0.2, -0.15) is 5.10 Å². The van der Waals surface area contributed by atoms with Gasteiger partial charge in [0.05, 0.1) is 24.4 Å². The summed E-state index contributed by atoms with van der Waals surface area (Å²) in [4.78, 5) is 25.2. The second-order valence-corrected chi connectivity index (χ2v) is 4.80. The molecule has 1 amide bonds. The number of carbonyl (C=O) groups is 2. The normalized spacial score (nSPS) is 12.1. The van der Waals surface area contributed by atoms with Crippen LogP contribution in [-0.2, 0) is 23.0 Å². The van der Waals surface area contributed by atoms with E-state index in [0.717, 1.165) is 0 Å². The summed E-state index contributed by atoms with van der Waals surface area (Å²) >= 11 is 0. The average molecular weight is 282 g/mol. The zero-order chi connectivity index (χ0) is 15.4. The van der Waals surface area contributed by atoms with Gasteiger partial charge in [0.15, 0.2) is 0 Å². The number of methoxy groups -OCH3 is 1. The smallest absolute Gasteiger partial charge is 0.310 e. The summed E-state index contributed by atoms with van der Waals surface area (Å²) in [5, 5.41) is 4.22. The highest BCUT2D eigenvalue weighted by atomic mass is 16.5. The van der Waals surface area contributed by atoms with E-state index in [4.69, 9.17) is 5.73 Å². The van der Waals surface area contributed by atoms with Crippen LogP contribution in [0.3, 0.4) is 0 Å². The van der Waals surface area contributed by atoms with E-state index in [1.165, 1.54) is 16.7 Å². The molecule has 0 aliphatic heterocycles. The lowest BCUT2D eigenvalue weighted by Crippen LogP contribution is -2.35. The molecule has 1 aromatic heterocycles. The predicted octanol–water partition coefficient (Wildman–Crippen LogP) is 0.446. The lowest BCUT2D eigenvalue weighted by atomic mass is 10.1. The molecular formula is C13H22N4O3. The van der Waals surface area contributed by atoms with Crippen LogP contribution in [0, 0.1) is 5.92 Å². The fraction of sp³-hybridized carbons (Fsp3) is 0.615. The van der Waals surface area contributed by atoms with Crippen LogP contribution in [0.4, 0.5) is 5.69 Å². The van der Waals surface area contributed by atoms with Gasteiger partial charge >= 0.3 is 5.97 Å². The summed E-state index contributed by atoms with van der Waals surface area (Å²) in [5.41, 5.74) is 7.40. The summed E-state index contributed by atoms with van der Waals surface area (Å²) in [6.45, 7) is 3.90. The zero-order valence-corrected chi connectivity index (χ0v) is 12.6. The van der Waals surface area contributed by atoms with E-state index < -0.39 is 5.92 Å². The maximum Gasteiger partial charge on any atom is 0.310 e. The molecule has 0 aliphatic rings. The van der Waals surface area contributed by atoms with Crippen molar-refractivity contribution in [1.82, 2.24) is 14.7 Å². The number of ether oxygens (including phenoxy) is 1. The van der Waals surface area contributed by atoms with Gasteiger partial charge in [0, 0.05) is 20.6 Å². The Morgan fingerprint density at radius 3 is 2.55 bits per heavy atom. The van der Waals surface area contributed by atoms with Crippen molar-refractivity contribution in [3.63, 3.8) is 0 Å². The van der Waals surface area contributed by atoms with E-state index in [-0.39, 0.29) is 18.4 Å². The fourth-order valence-electron chi connectivity index (χ4n) is 2.06. The highest BCUT2D eigenvalue weighted by Crippen LogP contribution is 2.19. The minimum absolute atomic E-state index is 0.257. The Labute approximate surface area is 118 Å². The Morgan fingerprint density at radius 1 is 1.50 bits per heavy atom. The van der Waals surface area contributed by atoms with E-state index in [9.17, 15) is 9.59 Å². The number of aryl methyl sites for hydroxylation is 2. The molecule has 0 bridgehead atoms. The van der Waals surface area contributed by atoms with Crippen LogP contribution in [-0.4, -0.2) is 47.3 Å². The number of aromatic nitrogens is 2. The molecule has 0 aromatic carbocycles. The number of rotatable bonds is 5. The molecule has 0 saturated heterocycles. The number of carbonyl (C=O) groups excluding carboxylic acids is 2. The number of nitrogens with zero attached hydrogens (tertiary/aromatic N) is 3. The summed E-state index contributed by atoms with van der Waals surface area (Å²) in [5.74, 6) is -1.00. The van der Waals surface area contributed by atoms with Crippen molar-refractivity contribution in [3.8, 4) is 0 Å². The van der Waals surface area contributed by atoms with E-state index in [1.54, 1.807) is 21.0 Å². The van der Waals surface area contributed by atoms with Gasteiger partial charge in [-0.25, -0.2) is 0 Å². The van der Waals surface area contributed by atoms with Crippen molar-refractivity contribution >= 4 is 17.6 Å². The quantitative estimate of drug-likeness (QED) is 0.792. The summed E-state index contributed by atoms with van der Waals surface area (Å²) in [7, 11) is 4.63. The number of amides is 1. The van der Waals surface area contributed by atoms with Gasteiger partial charge in [0.2, 0.25) is 0 Å². The molecule has 0 spiro atoms. The number of anilines is 1. The number of hydrogen-bond donors (Lipinski definition) is 1. The van der Waals surface area contributed by atoms with Crippen LogP contribution in [0.2, 0.25) is 0 Å². The molecule has 7 heteroatoms. The monoisotopic (exact) mass is 282 g/mol. The molecule has 1 atom stereocenters. The molecule has 20 heavy (non-hydrogen) atoms. The summed E-state index contributed by atoms with van der Waals surface area (Å²) in [6, 6.07) is 0. The van der Waals surface area contributed by atoms with Crippen molar-refractivity contribution in [2.45, 2.75) is 20.3 Å². The van der Waals surface area contributed by atoms with Crippen LogP contribution in [0.25, 0.3) is 0 Å². The molecule has 0 saturated carbocycles. The first-order valence-electron chi connectivity index (χ1n) is 6.48. The molecule has 1 heterocycles. The zero-order valence-electron chi connectivity index (χ0n) is 12.6. The molecule has 7 nitrogen and oxygen atoms in total. The van der Waals surface area contributed by atoms with Gasteiger partial charge < -0.3 is 15.4 Å². The lowest BCUT2D eigenvalue weighted by Gasteiger charge is -2.20. The SMILES string of the molecule is CCc1nn(C)c(C(=O)N(C)CC(C)C(=O)OC)c1N. The van der Waals surface area contributed by atoms with E-state index in [0.29, 0.717) is 23.5 Å². The predicted molar refractivity (Wildman–Crippen MR) is 75.1 cm³/mol. The second-order valence-electron chi connectivity index (χ2n) is 4.80. The van der Waals surface area contributed by atoms with Gasteiger partial charge in [0.25, 0.3) is 5.91 Å². The molecule has 1 unspecified atom stereocenters. The van der Waals surface area contributed by atoms with Crippen LogP contribution in [0.15, 0.2) is 0 Å². The first-order chi connectivity index (χ1) is 9.33. The third-order valence-corrected chi connectivity index (χ3v) is 3.20. The van der Waals surface area contributed by atoms with E-state index >= 15 is 0 Å². The van der Waals surface area contributed by atoms with Gasteiger partial charge in [0.1, 0.15) is 5.69 Å². The Morgan fingerprint density at radius 2 is 2.10 bits per heavy atom.